The smallest absolute Gasteiger partial charge is 0.253 e. The minimum atomic E-state index is -4.11. The second-order valence-electron chi connectivity index (χ2n) is 10.3. The average molecular weight is 469 g/mol. The molecule has 1 N–H and O–H groups in total. The molecule has 2 rings (SSSR count). The van der Waals surface area contributed by atoms with E-state index in [2.05, 4.69) is 0 Å². The summed E-state index contributed by atoms with van der Waals surface area (Å²) in [5.74, 6) is -0.0711. The molecule has 33 heavy (non-hydrogen) atoms. The number of amides is 1. The molecular weight excluding hydrogens is 436 g/mol. The number of carbonyl (C=O) groups excluding carboxylic acids is 1. The molecular formula is C26H32N2O4S. The van der Waals surface area contributed by atoms with E-state index in [1.54, 1.807) is 26.2 Å². The van der Waals surface area contributed by atoms with Crippen molar-refractivity contribution in [3.05, 3.63) is 63.6 Å². The van der Waals surface area contributed by atoms with E-state index in [0.29, 0.717) is 22.3 Å². The first-order valence-corrected chi connectivity index (χ1v) is 12.0. The van der Waals surface area contributed by atoms with Gasteiger partial charge in [0.25, 0.3) is 5.91 Å². The van der Waals surface area contributed by atoms with Crippen molar-refractivity contribution >= 4 is 21.8 Å². The molecule has 6 nitrogen and oxygen atoms in total. The Bertz CT molecular complexity index is 1200. The van der Waals surface area contributed by atoms with E-state index in [-0.39, 0.29) is 16.6 Å². The lowest BCUT2D eigenvalue weighted by molar-refractivity contribution is 0.0827. The number of hydrogen-bond donors (Lipinski definition) is 1. The fraction of sp³-hybridized carbons (Fsp3) is 0.385. The van der Waals surface area contributed by atoms with Crippen molar-refractivity contribution in [3.63, 3.8) is 0 Å². The average Bonchev–Trinajstić information content (AvgIpc) is 2.70. The van der Waals surface area contributed by atoms with Crippen LogP contribution in [0.2, 0.25) is 0 Å². The van der Waals surface area contributed by atoms with Crippen LogP contribution >= 0.6 is 0 Å². The second-order valence-corrected chi connectivity index (χ2v) is 12.2. The lowest BCUT2D eigenvalue weighted by Gasteiger charge is -2.28. The number of aromatic hydroxyl groups is 1. The van der Waals surface area contributed by atoms with Gasteiger partial charge in [-0.05, 0) is 58.9 Å². The predicted octanol–water partition coefficient (Wildman–Crippen LogP) is 5.03. The van der Waals surface area contributed by atoms with Gasteiger partial charge in [-0.2, -0.15) is 5.26 Å². The van der Waals surface area contributed by atoms with E-state index in [1.165, 1.54) is 35.2 Å². The molecule has 2 aromatic rings. The number of sulfone groups is 1. The van der Waals surface area contributed by atoms with Gasteiger partial charge in [0.2, 0.25) is 9.84 Å². The summed E-state index contributed by atoms with van der Waals surface area (Å²) in [6.07, 6.45) is 1.33. The first kappa shape index (κ1) is 26.1. The predicted molar refractivity (Wildman–Crippen MR) is 131 cm³/mol. The largest absolute Gasteiger partial charge is 0.507 e. The third-order valence-corrected chi connectivity index (χ3v) is 6.94. The van der Waals surface area contributed by atoms with Crippen molar-refractivity contribution in [2.45, 2.75) is 57.3 Å². The summed E-state index contributed by atoms with van der Waals surface area (Å²) < 4.78 is 26.4. The first-order valence-electron chi connectivity index (χ1n) is 10.6. The Morgan fingerprint density at radius 2 is 1.42 bits per heavy atom. The number of nitrogens with zero attached hydrogens (tertiary/aromatic N) is 2. The van der Waals surface area contributed by atoms with Crippen LogP contribution < -0.4 is 0 Å². The second kappa shape index (κ2) is 9.03. The van der Waals surface area contributed by atoms with Crippen LogP contribution in [-0.2, 0) is 20.7 Å². The zero-order valence-electron chi connectivity index (χ0n) is 20.5. The SMILES string of the molecule is CN(C)C(=O)c1ccc(S(=O)(=O)C(C#N)=Cc2cc(C(C)(C)C)c(O)c(C(C)(C)C)c2)cc1. The van der Waals surface area contributed by atoms with Crippen LogP contribution in [0.4, 0.5) is 0 Å². The zero-order chi connectivity index (χ0) is 25.4. The van der Waals surface area contributed by atoms with Crippen LogP contribution in [0.15, 0.2) is 46.2 Å². The number of carbonyl (C=O) groups is 1. The van der Waals surface area contributed by atoms with Gasteiger partial charge in [0.05, 0.1) is 4.90 Å². The van der Waals surface area contributed by atoms with Crippen LogP contribution in [0.5, 0.6) is 5.75 Å². The molecule has 0 aliphatic rings. The highest BCUT2D eigenvalue weighted by Crippen LogP contribution is 2.40. The van der Waals surface area contributed by atoms with Crippen molar-refractivity contribution in [2.75, 3.05) is 14.1 Å². The summed E-state index contributed by atoms with van der Waals surface area (Å²) in [5.41, 5.74) is 1.42. The molecule has 0 atom stereocenters. The molecule has 0 unspecified atom stereocenters. The molecule has 0 saturated carbocycles. The van der Waals surface area contributed by atoms with Crippen LogP contribution in [-0.4, -0.2) is 38.4 Å². The lowest BCUT2D eigenvalue weighted by atomic mass is 9.78. The van der Waals surface area contributed by atoms with Gasteiger partial charge in [0, 0.05) is 30.8 Å². The van der Waals surface area contributed by atoms with E-state index < -0.39 is 25.6 Å². The molecule has 0 aliphatic carbocycles. The van der Waals surface area contributed by atoms with E-state index in [9.17, 15) is 23.6 Å². The topological polar surface area (TPSA) is 98.5 Å². The van der Waals surface area contributed by atoms with Gasteiger partial charge in [0.1, 0.15) is 16.7 Å². The third-order valence-electron chi connectivity index (χ3n) is 5.26. The normalized spacial score (nSPS) is 12.9. The molecule has 0 saturated heterocycles. The highest BCUT2D eigenvalue weighted by molar-refractivity contribution is 7.95. The highest BCUT2D eigenvalue weighted by Gasteiger charge is 2.27. The molecule has 2 aromatic carbocycles. The molecule has 0 aromatic heterocycles. The minimum absolute atomic E-state index is 0.0727. The van der Waals surface area contributed by atoms with Crippen molar-refractivity contribution < 1.29 is 18.3 Å². The number of phenols is 1. The first-order chi connectivity index (χ1) is 15.0. The summed E-state index contributed by atoms with van der Waals surface area (Å²) in [6.45, 7) is 11.8. The monoisotopic (exact) mass is 468 g/mol. The van der Waals surface area contributed by atoms with E-state index in [4.69, 9.17) is 0 Å². The molecule has 176 valence electrons. The summed E-state index contributed by atoms with van der Waals surface area (Å²) in [6, 6.07) is 10.8. The summed E-state index contributed by atoms with van der Waals surface area (Å²) in [4.78, 5) is 13.0. The van der Waals surface area contributed by atoms with Crippen LogP contribution in [0.3, 0.4) is 0 Å². The molecule has 0 fully saturated rings. The Morgan fingerprint density at radius 1 is 0.970 bits per heavy atom. The maximum atomic E-state index is 13.2. The molecule has 7 heteroatoms. The van der Waals surface area contributed by atoms with Crippen LogP contribution in [0, 0.1) is 11.3 Å². The maximum Gasteiger partial charge on any atom is 0.253 e. The molecule has 0 bridgehead atoms. The summed E-state index contributed by atoms with van der Waals surface area (Å²) in [7, 11) is -0.886. The lowest BCUT2D eigenvalue weighted by Crippen LogP contribution is -2.21. The fourth-order valence-corrected chi connectivity index (χ4v) is 4.53. The van der Waals surface area contributed by atoms with Gasteiger partial charge >= 0.3 is 0 Å². The fourth-order valence-electron chi connectivity index (χ4n) is 3.37. The molecule has 0 aliphatic heterocycles. The minimum Gasteiger partial charge on any atom is -0.507 e. The van der Waals surface area contributed by atoms with Gasteiger partial charge in [0.15, 0.2) is 0 Å². The van der Waals surface area contributed by atoms with Gasteiger partial charge in [-0.1, -0.05) is 41.5 Å². The van der Waals surface area contributed by atoms with Crippen molar-refractivity contribution in [1.82, 2.24) is 4.90 Å². The maximum absolute atomic E-state index is 13.2. The Morgan fingerprint density at radius 3 is 1.79 bits per heavy atom. The van der Waals surface area contributed by atoms with E-state index >= 15 is 0 Å². The molecule has 0 spiro atoms. The molecule has 0 radical (unpaired) electrons. The van der Waals surface area contributed by atoms with Crippen molar-refractivity contribution in [3.8, 4) is 11.8 Å². The van der Waals surface area contributed by atoms with Gasteiger partial charge in [-0.3, -0.25) is 4.79 Å². The van der Waals surface area contributed by atoms with Crippen LogP contribution in [0.25, 0.3) is 6.08 Å². The number of rotatable bonds is 4. The Hall–Kier alpha value is -3.11. The number of phenolic OH excluding ortho intramolecular Hbond substituents is 1. The number of benzene rings is 2. The van der Waals surface area contributed by atoms with Gasteiger partial charge < -0.3 is 10.0 Å². The van der Waals surface area contributed by atoms with Crippen molar-refractivity contribution in [2.24, 2.45) is 0 Å². The molecule has 1 amide bonds. The van der Waals surface area contributed by atoms with Gasteiger partial charge in [-0.15, -0.1) is 0 Å². The van der Waals surface area contributed by atoms with Crippen molar-refractivity contribution in [1.29, 1.82) is 5.26 Å². The number of nitriles is 1. The Labute approximate surface area is 197 Å². The van der Waals surface area contributed by atoms with E-state index in [0.717, 1.165) is 0 Å². The Balaban J connectivity index is 2.65. The van der Waals surface area contributed by atoms with Gasteiger partial charge in [-0.25, -0.2) is 8.42 Å². The molecule has 0 heterocycles. The Kier molecular flexibility index (Phi) is 7.15. The zero-order valence-corrected chi connectivity index (χ0v) is 21.3. The standard InChI is InChI=1S/C26H32N2O4S/c1-25(2,3)21-14-17(15-22(23(21)29)26(4,5)6)13-20(16-27)33(31,32)19-11-9-18(10-12-19)24(30)28(7)8/h9-15,29H,1-8H3. The number of allylic oxidation sites excluding steroid dienone is 1. The number of hydrogen-bond acceptors (Lipinski definition) is 5. The highest BCUT2D eigenvalue weighted by atomic mass is 32.2. The third kappa shape index (κ3) is 5.63. The summed E-state index contributed by atoms with van der Waals surface area (Å²) >= 11 is 0. The summed E-state index contributed by atoms with van der Waals surface area (Å²) in [5, 5.41) is 20.6. The quantitative estimate of drug-likeness (QED) is 0.635. The van der Waals surface area contributed by atoms with E-state index in [1.807, 2.05) is 47.6 Å². The van der Waals surface area contributed by atoms with Crippen LogP contribution in [0.1, 0.15) is 68.6 Å².